The van der Waals surface area contributed by atoms with Crippen LogP contribution in [0.4, 0.5) is 4.39 Å². The Hall–Kier alpha value is -5.34. The normalized spacial score (nSPS) is 14.9. The van der Waals surface area contributed by atoms with Crippen LogP contribution in [0.3, 0.4) is 0 Å². The second kappa shape index (κ2) is 27.2. The van der Waals surface area contributed by atoms with Crippen LogP contribution in [0.15, 0.2) is 109 Å². The maximum absolute atomic E-state index is 15.1. The number of nitrogens with zero attached hydrogens (tertiary/aromatic N) is 1. The van der Waals surface area contributed by atoms with Crippen molar-refractivity contribution in [2.24, 2.45) is 17.4 Å². The zero-order valence-electron chi connectivity index (χ0n) is 37.5. The highest BCUT2D eigenvalue weighted by molar-refractivity contribution is 5.95. The third-order valence-corrected chi connectivity index (χ3v) is 11.6. The Morgan fingerprint density at radius 3 is 1.78 bits per heavy atom. The number of amides is 5. The number of nitrogens with two attached hydrogens (primary N) is 2. The van der Waals surface area contributed by atoms with Crippen molar-refractivity contribution in [3.8, 4) is 11.1 Å². The summed E-state index contributed by atoms with van der Waals surface area (Å²) in [7, 11) is 0. The Labute approximate surface area is 395 Å². The number of halogens is 3. The third-order valence-electron chi connectivity index (χ3n) is 11.6. The fourth-order valence-corrected chi connectivity index (χ4v) is 7.89. The molecule has 65 heavy (non-hydrogen) atoms. The van der Waals surface area contributed by atoms with E-state index in [2.05, 4.69) is 21.3 Å². The first-order chi connectivity index (χ1) is 30.3. The molecule has 0 spiro atoms. The van der Waals surface area contributed by atoms with Crippen molar-refractivity contribution in [1.29, 1.82) is 0 Å². The smallest absolute Gasteiger partial charge is 0.245 e. The van der Waals surface area contributed by atoms with Gasteiger partial charge in [0.05, 0.1) is 12.0 Å². The average Bonchev–Trinajstić information content (AvgIpc) is 3.28. The molecule has 0 aromatic heterocycles. The number of rotatable bonds is 21. The largest absolute Gasteiger partial charge is 0.353 e. The van der Waals surface area contributed by atoms with E-state index < -0.39 is 53.6 Å². The molecule has 0 bridgehead atoms. The standard InChI is InChI=1S/C50H64FN7O5.2ClH/c1-33(2)29-44(57-49(62)45(31-36-17-9-5-10-18-36)56-47(60)42(53)30-35-15-7-4-8-16-35)48(61)55-43(21-13-14-26-52)50(63)58-27-24-39(25-28-58)54-46(59)34(3)38-22-23-40(41(51)32-38)37-19-11-6-12-20-37;;/h4-12,15-20,22-23,32-34,39,42-45H,13-14,21,24-31,52-53H2,1-3H3,(H,54,59)(H,55,61)(H,56,60)(H,57,62);2*1H/t34-,42+,43+,44+,45+;;/m0../s1. The quantitative estimate of drug-likeness (QED) is 0.0554. The highest BCUT2D eigenvalue weighted by atomic mass is 35.5. The Balaban J connectivity index is 0.00000561. The molecule has 12 nitrogen and oxygen atoms in total. The summed E-state index contributed by atoms with van der Waals surface area (Å²) in [6, 6.07) is 28.8. The Morgan fingerprint density at radius 1 is 0.677 bits per heavy atom. The summed E-state index contributed by atoms with van der Waals surface area (Å²) in [5.41, 5.74) is 15.6. The number of piperidine rings is 1. The van der Waals surface area contributed by atoms with Crippen LogP contribution >= 0.6 is 24.8 Å². The van der Waals surface area contributed by atoms with Crippen LogP contribution in [0.2, 0.25) is 0 Å². The lowest BCUT2D eigenvalue weighted by Crippen LogP contribution is -2.59. The van der Waals surface area contributed by atoms with E-state index in [-0.39, 0.29) is 67.9 Å². The lowest BCUT2D eigenvalue weighted by atomic mass is 9.95. The topological polar surface area (TPSA) is 189 Å². The average molecular weight is 935 g/mol. The van der Waals surface area contributed by atoms with E-state index in [9.17, 15) is 24.0 Å². The van der Waals surface area contributed by atoms with Crippen molar-refractivity contribution < 1.29 is 28.4 Å². The third kappa shape index (κ3) is 16.6. The number of hydrogen-bond acceptors (Lipinski definition) is 7. The minimum absolute atomic E-state index is 0. The van der Waals surface area contributed by atoms with E-state index in [1.807, 2.05) is 105 Å². The van der Waals surface area contributed by atoms with E-state index in [0.717, 1.165) is 16.7 Å². The molecule has 5 atom stereocenters. The fourth-order valence-electron chi connectivity index (χ4n) is 7.89. The number of likely N-dealkylation sites (tertiary alicyclic amines) is 1. The number of nitrogens with one attached hydrogen (secondary N) is 4. The van der Waals surface area contributed by atoms with Crippen LogP contribution in [-0.2, 0) is 36.8 Å². The number of carbonyl (C=O) groups is 5. The molecule has 1 saturated heterocycles. The molecule has 5 amide bonds. The van der Waals surface area contributed by atoms with Crippen LogP contribution < -0.4 is 32.7 Å². The molecule has 1 fully saturated rings. The van der Waals surface area contributed by atoms with Crippen molar-refractivity contribution in [3.05, 3.63) is 132 Å². The Bertz CT molecular complexity index is 2110. The van der Waals surface area contributed by atoms with E-state index in [1.165, 1.54) is 6.07 Å². The first kappa shape index (κ1) is 54.0. The molecule has 0 aliphatic carbocycles. The van der Waals surface area contributed by atoms with Gasteiger partial charge in [-0.05, 0) is 92.7 Å². The molecule has 8 N–H and O–H groups in total. The summed E-state index contributed by atoms with van der Waals surface area (Å²) in [4.78, 5) is 70.7. The molecular weight excluding hydrogens is 868 g/mol. The van der Waals surface area contributed by atoms with Crippen LogP contribution in [0.25, 0.3) is 11.1 Å². The van der Waals surface area contributed by atoms with Crippen LogP contribution in [0.5, 0.6) is 0 Å². The summed E-state index contributed by atoms with van der Waals surface area (Å²) < 4.78 is 15.1. The molecule has 1 heterocycles. The van der Waals surface area contributed by atoms with Gasteiger partial charge in [0.25, 0.3) is 0 Å². The van der Waals surface area contributed by atoms with Gasteiger partial charge in [-0.3, -0.25) is 24.0 Å². The van der Waals surface area contributed by atoms with Gasteiger partial charge in [-0.1, -0.05) is 117 Å². The van der Waals surface area contributed by atoms with Crippen LogP contribution in [-0.4, -0.2) is 84.3 Å². The molecule has 352 valence electrons. The number of unbranched alkanes of at least 4 members (excludes halogenated alkanes) is 1. The maximum Gasteiger partial charge on any atom is 0.245 e. The van der Waals surface area contributed by atoms with Gasteiger partial charge in [0.1, 0.15) is 23.9 Å². The predicted octanol–water partition coefficient (Wildman–Crippen LogP) is 5.99. The van der Waals surface area contributed by atoms with Gasteiger partial charge in [-0.2, -0.15) is 0 Å². The predicted molar refractivity (Wildman–Crippen MR) is 259 cm³/mol. The molecular formula is C50H66Cl2FN7O5. The van der Waals surface area contributed by atoms with Crippen molar-refractivity contribution >= 4 is 54.3 Å². The minimum atomic E-state index is -1.03. The van der Waals surface area contributed by atoms with Crippen molar-refractivity contribution in [1.82, 2.24) is 26.2 Å². The first-order valence-corrected chi connectivity index (χ1v) is 22.2. The zero-order chi connectivity index (χ0) is 45.3. The van der Waals surface area contributed by atoms with Gasteiger partial charge in [0, 0.05) is 31.1 Å². The molecule has 1 aliphatic rings. The highest BCUT2D eigenvalue weighted by Gasteiger charge is 2.34. The minimum Gasteiger partial charge on any atom is -0.353 e. The molecule has 4 aromatic rings. The van der Waals surface area contributed by atoms with Gasteiger partial charge in [-0.15, -0.1) is 24.8 Å². The van der Waals surface area contributed by atoms with Crippen molar-refractivity contribution in [2.75, 3.05) is 19.6 Å². The van der Waals surface area contributed by atoms with E-state index in [1.54, 1.807) is 24.0 Å². The fraction of sp³-hybridized carbons (Fsp3) is 0.420. The summed E-state index contributed by atoms with van der Waals surface area (Å²) in [5, 5.41) is 11.8. The summed E-state index contributed by atoms with van der Waals surface area (Å²) in [5.74, 6) is -3.00. The first-order valence-electron chi connectivity index (χ1n) is 22.2. The molecule has 5 rings (SSSR count). The van der Waals surface area contributed by atoms with Gasteiger partial charge >= 0.3 is 0 Å². The van der Waals surface area contributed by atoms with Crippen molar-refractivity contribution in [2.45, 2.75) is 108 Å². The van der Waals surface area contributed by atoms with Crippen LogP contribution in [0, 0.1) is 11.7 Å². The summed E-state index contributed by atoms with van der Waals surface area (Å²) in [6.45, 7) is 6.77. The molecule has 0 saturated carbocycles. The van der Waals surface area contributed by atoms with Gasteiger partial charge in [0.15, 0.2) is 0 Å². The van der Waals surface area contributed by atoms with Crippen molar-refractivity contribution in [3.63, 3.8) is 0 Å². The summed E-state index contributed by atoms with van der Waals surface area (Å²) >= 11 is 0. The van der Waals surface area contributed by atoms with Gasteiger partial charge in [-0.25, -0.2) is 4.39 Å². The van der Waals surface area contributed by atoms with E-state index >= 15 is 4.39 Å². The number of hydrogen-bond donors (Lipinski definition) is 6. The SMILES string of the molecule is CC(C)C[C@@H](NC(=O)[C@@H](Cc1ccccc1)NC(=O)[C@H](N)Cc1ccccc1)C(=O)N[C@H](CCCCN)C(=O)N1CCC(NC(=O)[C@@H](C)c2ccc(-c3ccccc3)c(F)c2)CC1.Cl.Cl. The molecule has 0 unspecified atom stereocenters. The van der Waals surface area contributed by atoms with Gasteiger partial charge < -0.3 is 37.6 Å². The molecule has 1 aliphatic heterocycles. The Morgan fingerprint density at radius 2 is 1.22 bits per heavy atom. The van der Waals surface area contributed by atoms with E-state index in [4.69, 9.17) is 11.5 Å². The molecule has 4 aromatic carbocycles. The second-order valence-corrected chi connectivity index (χ2v) is 17.0. The maximum atomic E-state index is 15.1. The lowest BCUT2D eigenvalue weighted by Gasteiger charge is -2.35. The van der Waals surface area contributed by atoms with E-state index in [0.29, 0.717) is 62.9 Å². The monoisotopic (exact) mass is 933 g/mol. The van der Waals surface area contributed by atoms with Crippen LogP contribution in [0.1, 0.15) is 81.9 Å². The highest BCUT2D eigenvalue weighted by Crippen LogP contribution is 2.27. The molecule has 15 heteroatoms. The lowest BCUT2D eigenvalue weighted by molar-refractivity contribution is -0.139. The zero-order valence-corrected chi connectivity index (χ0v) is 39.2. The second-order valence-electron chi connectivity index (χ2n) is 17.0. The summed E-state index contributed by atoms with van der Waals surface area (Å²) in [6.07, 6.45) is 3.35. The number of carbonyl (C=O) groups excluding carboxylic acids is 5. The van der Waals surface area contributed by atoms with Gasteiger partial charge in [0.2, 0.25) is 29.5 Å². The number of benzene rings is 4. The Kier molecular flexibility index (Phi) is 22.6. The molecule has 0 radical (unpaired) electrons.